The number of hydrogen-bond acceptors (Lipinski definition) is 5. The smallest absolute Gasteiger partial charge is 0.340 e. The Morgan fingerprint density at radius 3 is 2.33 bits per heavy atom. The van der Waals surface area contributed by atoms with Crippen LogP contribution in [0.25, 0.3) is 0 Å². The number of aromatic amines is 1. The molecule has 0 bridgehead atoms. The summed E-state index contributed by atoms with van der Waals surface area (Å²) in [7, 11) is 0. The lowest BCUT2D eigenvalue weighted by molar-refractivity contribution is -0.148. The molecule has 27 heavy (non-hydrogen) atoms. The van der Waals surface area contributed by atoms with Crippen LogP contribution >= 0.6 is 12.4 Å². The highest BCUT2D eigenvalue weighted by molar-refractivity contribution is 6.00. The number of aryl methyl sites for hydroxylation is 1. The first-order valence-corrected chi connectivity index (χ1v) is 9.12. The largest absolute Gasteiger partial charge is 0.465 e. The van der Waals surface area contributed by atoms with E-state index in [9.17, 15) is 14.4 Å². The first kappa shape index (κ1) is 21.3. The number of H-pyrrole nitrogens is 1. The van der Waals surface area contributed by atoms with Gasteiger partial charge in [0.2, 0.25) is 0 Å². The fraction of sp³-hybridized carbons (Fsp3) is 0.632. The topological polar surface area (TPSA) is 88.7 Å². The molecule has 8 heteroatoms. The number of piperidine rings is 1. The number of ether oxygens (including phenoxy) is 2. The molecule has 7 nitrogen and oxygen atoms in total. The highest BCUT2D eigenvalue weighted by Gasteiger charge is 2.47. The van der Waals surface area contributed by atoms with E-state index >= 15 is 0 Å². The van der Waals surface area contributed by atoms with Crippen molar-refractivity contribution in [2.75, 3.05) is 19.7 Å². The zero-order valence-corrected chi connectivity index (χ0v) is 17.0. The van der Waals surface area contributed by atoms with Crippen molar-refractivity contribution in [1.29, 1.82) is 0 Å². The molecule has 0 radical (unpaired) electrons. The summed E-state index contributed by atoms with van der Waals surface area (Å²) in [6.45, 7) is 8.60. The van der Waals surface area contributed by atoms with Gasteiger partial charge in [0, 0.05) is 18.8 Å². The van der Waals surface area contributed by atoms with Gasteiger partial charge in [-0.05, 0) is 52.5 Å². The molecule has 3 heterocycles. The van der Waals surface area contributed by atoms with Crippen LogP contribution in [0.4, 0.5) is 0 Å². The van der Waals surface area contributed by atoms with Crippen LogP contribution in [0.5, 0.6) is 0 Å². The van der Waals surface area contributed by atoms with Crippen LogP contribution in [0.3, 0.4) is 0 Å². The summed E-state index contributed by atoms with van der Waals surface area (Å²) in [6.07, 6.45) is 1.76. The lowest BCUT2D eigenvalue weighted by Gasteiger charge is -2.36. The van der Waals surface area contributed by atoms with Gasteiger partial charge in [-0.1, -0.05) is 0 Å². The van der Waals surface area contributed by atoms with Gasteiger partial charge in [-0.2, -0.15) is 0 Å². The van der Waals surface area contributed by atoms with Crippen molar-refractivity contribution in [2.45, 2.75) is 53.1 Å². The van der Waals surface area contributed by atoms with Crippen molar-refractivity contribution < 1.29 is 23.9 Å². The van der Waals surface area contributed by atoms with Crippen LogP contribution in [0, 0.1) is 19.3 Å². The minimum Gasteiger partial charge on any atom is -0.465 e. The molecule has 0 unspecified atom stereocenters. The summed E-state index contributed by atoms with van der Waals surface area (Å²) < 4.78 is 10.4. The molecule has 0 aromatic carbocycles. The maximum Gasteiger partial charge on any atom is 0.340 e. The molecule has 1 amide bonds. The van der Waals surface area contributed by atoms with Crippen molar-refractivity contribution in [3.8, 4) is 0 Å². The number of aromatic nitrogens is 1. The van der Waals surface area contributed by atoms with Crippen molar-refractivity contribution in [3.63, 3.8) is 0 Å². The number of amides is 1. The second kappa shape index (κ2) is 7.92. The quantitative estimate of drug-likeness (QED) is 0.791. The van der Waals surface area contributed by atoms with Crippen LogP contribution in [-0.2, 0) is 14.3 Å². The third-order valence-corrected chi connectivity index (χ3v) is 5.45. The van der Waals surface area contributed by atoms with Crippen LogP contribution in [0.15, 0.2) is 0 Å². The normalized spacial score (nSPS) is 18.4. The molecule has 0 atom stereocenters. The molecular weight excluding hydrogens is 372 g/mol. The molecular formula is C19H27ClN2O5. The number of carbonyl (C=O) groups excluding carboxylic acids is 3. The van der Waals surface area contributed by atoms with E-state index in [-0.39, 0.29) is 30.4 Å². The molecule has 1 spiro atoms. The summed E-state index contributed by atoms with van der Waals surface area (Å²) >= 11 is 0. The molecule has 2 saturated heterocycles. The van der Waals surface area contributed by atoms with Gasteiger partial charge in [-0.25, -0.2) is 4.79 Å². The fourth-order valence-electron chi connectivity index (χ4n) is 3.89. The molecule has 3 rings (SSSR count). The van der Waals surface area contributed by atoms with Gasteiger partial charge < -0.3 is 19.4 Å². The Morgan fingerprint density at radius 2 is 1.81 bits per heavy atom. The summed E-state index contributed by atoms with van der Waals surface area (Å²) in [6, 6.07) is 0. The molecule has 1 N–H and O–H groups in total. The van der Waals surface area contributed by atoms with E-state index in [1.807, 2.05) is 0 Å². The predicted molar refractivity (Wildman–Crippen MR) is 101 cm³/mol. The molecule has 2 fully saturated rings. The number of rotatable bonds is 3. The number of carbonyl (C=O) groups is 3. The summed E-state index contributed by atoms with van der Waals surface area (Å²) in [5, 5.41) is 0. The van der Waals surface area contributed by atoms with Crippen molar-refractivity contribution in [3.05, 3.63) is 22.5 Å². The molecule has 1 aromatic rings. The lowest BCUT2D eigenvalue weighted by atomic mass is 9.77. The molecule has 2 aliphatic heterocycles. The first-order valence-electron chi connectivity index (χ1n) is 9.12. The molecule has 150 valence electrons. The van der Waals surface area contributed by atoms with E-state index in [1.165, 1.54) is 0 Å². The Balaban J connectivity index is 0.00000261. The second-order valence-electron chi connectivity index (χ2n) is 7.54. The molecule has 0 saturated carbocycles. The second-order valence-corrected chi connectivity index (χ2v) is 7.54. The molecule has 2 aliphatic rings. The van der Waals surface area contributed by atoms with E-state index in [1.54, 1.807) is 32.6 Å². The van der Waals surface area contributed by atoms with Gasteiger partial charge in [0.25, 0.3) is 5.91 Å². The Bertz CT molecular complexity index is 748. The highest BCUT2D eigenvalue weighted by atomic mass is 35.5. The minimum absolute atomic E-state index is 0. The summed E-state index contributed by atoms with van der Waals surface area (Å²) in [4.78, 5) is 42.0. The van der Waals surface area contributed by atoms with Crippen LogP contribution < -0.4 is 0 Å². The standard InChI is InChI=1S/C19H26N2O5.ClH/c1-11(2)26-17(23)14-12(3)15(20-13(14)4)16(22)21-8-5-19(6-9-21)7-10-25-18(19)24;/h11,20H,5-10H2,1-4H3;1H. The van der Waals surface area contributed by atoms with Crippen LogP contribution in [-0.4, -0.2) is 53.5 Å². The van der Waals surface area contributed by atoms with Crippen LogP contribution in [0.2, 0.25) is 0 Å². The maximum absolute atomic E-state index is 12.9. The SMILES string of the molecule is Cc1[nH]c(C(=O)N2CCC3(CCOC3=O)CC2)c(C)c1C(=O)OC(C)C.Cl. The zero-order chi connectivity index (χ0) is 19.1. The van der Waals surface area contributed by atoms with Crippen molar-refractivity contribution >= 4 is 30.3 Å². The Morgan fingerprint density at radius 1 is 1.19 bits per heavy atom. The van der Waals surface area contributed by atoms with E-state index in [4.69, 9.17) is 9.47 Å². The van der Waals surface area contributed by atoms with Gasteiger partial charge >= 0.3 is 11.9 Å². The third kappa shape index (κ3) is 3.83. The third-order valence-electron chi connectivity index (χ3n) is 5.45. The lowest BCUT2D eigenvalue weighted by Crippen LogP contribution is -2.45. The van der Waals surface area contributed by atoms with E-state index < -0.39 is 11.4 Å². The van der Waals surface area contributed by atoms with E-state index in [0.29, 0.717) is 55.1 Å². The number of likely N-dealkylation sites (tertiary alicyclic amines) is 1. The number of nitrogens with one attached hydrogen (secondary N) is 1. The van der Waals surface area contributed by atoms with Crippen molar-refractivity contribution in [1.82, 2.24) is 9.88 Å². The zero-order valence-electron chi connectivity index (χ0n) is 16.2. The number of nitrogens with zero attached hydrogens (tertiary/aromatic N) is 1. The van der Waals surface area contributed by atoms with Gasteiger partial charge in [0.15, 0.2) is 0 Å². The summed E-state index contributed by atoms with van der Waals surface area (Å²) in [5.74, 6) is -0.692. The minimum atomic E-state index is -0.420. The van der Waals surface area contributed by atoms with Gasteiger partial charge in [-0.15, -0.1) is 12.4 Å². The van der Waals surface area contributed by atoms with Gasteiger partial charge in [0.1, 0.15) is 5.69 Å². The number of esters is 2. The summed E-state index contributed by atoms with van der Waals surface area (Å²) in [5.41, 5.74) is 1.67. The average molecular weight is 399 g/mol. The van der Waals surface area contributed by atoms with Gasteiger partial charge in [-0.3, -0.25) is 9.59 Å². The molecule has 0 aliphatic carbocycles. The Hall–Kier alpha value is -2.02. The highest BCUT2D eigenvalue weighted by Crippen LogP contribution is 2.40. The van der Waals surface area contributed by atoms with Crippen molar-refractivity contribution in [2.24, 2.45) is 5.41 Å². The molecule has 1 aromatic heterocycles. The number of halogens is 1. The average Bonchev–Trinajstić information content (AvgIpc) is 3.07. The number of hydrogen-bond donors (Lipinski definition) is 1. The number of cyclic esters (lactones) is 1. The van der Waals surface area contributed by atoms with Crippen LogP contribution in [0.1, 0.15) is 65.2 Å². The Labute approximate surface area is 165 Å². The van der Waals surface area contributed by atoms with E-state index in [0.717, 1.165) is 6.42 Å². The maximum atomic E-state index is 12.9. The first-order chi connectivity index (χ1) is 12.2. The van der Waals surface area contributed by atoms with E-state index in [2.05, 4.69) is 4.98 Å². The van der Waals surface area contributed by atoms with Gasteiger partial charge in [0.05, 0.1) is 23.7 Å². The monoisotopic (exact) mass is 398 g/mol. The fourth-order valence-corrected chi connectivity index (χ4v) is 3.89. The Kier molecular flexibility index (Phi) is 6.24. The predicted octanol–water partition coefficient (Wildman–Crippen LogP) is 2.79.